The number of carbonyl (C=O) groups is 1. The van der Waals surface area contributed by atoms with Crippen LogP contribution in [0.5, 0.6) is 11.5 Å². The van der Waals surface area contributed by atoms with Crippen LogP contribution in [0.2, 0.25) is 0 Å². The summed E-state index contributed by atoms with van der Waals surface area (Å²) in [5, 5.41) is 11.2. The van der Waals surface area contributed by atoms with Gasteiger partial charge in [0.25, 0.3) is 0 Å². The van der Waals surface area contributed by atoms with Crippen LogP contribution in [-0.4, -0.2) is 25.3 Å². The van der Waals surface area contributed by atoms with Crippen molar-refractivity contribution >= 4 is 44.9 Å². The van der Waals surface area contributed by atoms with Gasteiger partial charge < -0.3 is 14.6 Å². The molecule has 0 aliphatic heterocycles. The molecule has 1 N–H and O–H groups in total. The monoisotopic (exact) mass is 368 g/mol. The molecule has 0 atom stereocenters. The van der Waals surface area contributed by atoms with Crippen molar-refractivity contribution in [3.8, 4) is 11.5 Å². The number of hydrogen-bond donors (Lipinski definition) is 1. The lowest BCUT2D eigenvalue weighted by atomic mass is 10.1. The summed E-state index contributed by atoms with van der Waals surface area (Å²) in [6.07, 6.45) is 1.61. The number of ether oxygens (including phenoxy) is 2. The molecule has 0 aliphatic carbocycles. The first-order valence-electron chi connectivity index (χ1n) is 5.97. The summed E-state index contributed by atoms with van der Waals surface area (Å²) in [6.45, 7) is 0. The van der Waals surface area contributed by atoms with Gasteiger partial charge in [-0.05, 0) is 51.1 Å². The zero-order chi connectivity index (χ0) is 15.4. The number of aliphatic carboxylic acids is 1. The van der Waals surface area contributed by atoms with Crippen molar-refractivity contribution in [2.24, 2.45) is 0 Å². The first-order chi connectivity index (χ1) is 10.1. The van der Waals surface area contributed by atoms with E-state index in [2.05, 4.69) is 15.9 Å². The number of carboxylic acid groups (broad SMARTS) is 1. The fraction of sp³-hybridized carbons (Fsp3) is 0.133. The minimum absolute atomic E-state index is 0.240. The number of benzene rings is 1. The summed E-state index contributed by atoms with van der Waals surface area (Å²) in [5.41, 5.74) is 0.953. The third kappa shape index (κ3) is 3.46. The Kier molecular flexibility index (Phi) is 5.03. The molecule has 0 amide bonds. The van der Waals surface area contributed by atoms with E-state index in [1.165, 1.54) is 18.4 Å². The van der Waals surface area contributed by atoms with Crippen molar-refractivity contribution in [3.05, 3.63) is 44.6 Å². The van der Waals surface area contributed by atoms with E-state index in [-0.39, 0.29) is 5.57 Å². The molecule has 0 bridgehead atoms. The predicted octanol–water partition coefficient (Wildman–Crippen LogP) is 4.15. The molecule has 1 aromatic heterocycles. The van der Waals surface area contributed by atoms with Crippen LogP contribution in [0.1, 0.15) is 10.4 Å². The highest BCUT2D eigenvalue weighted by atomic mass is 79.9. The minimum Gasteiger partial charge on any atom is -0.493 e. The van der Waals surface area contributed by atoms with E-state index >= 15 is 0 Å². The van der Waals surface area contributed by atoms with E-state index in [0.717, 1.165) is 0 Å². The summed E-state index contributed by atoms with van der Waals surface area (Å²) in [4.78, 5) is 12.1. The van der Waals surface area contributed by atoms with Crippen LogP contribution in [0.4, 0.5) is 0 Å². The Morgan fingerprint density at radius 2 is 2.10 bits per heavy atom. The molecule has 1 heterocycles. The highest BCUT2D eigenvalue weighted by Crippen LogP contribution is 2.37. The lowest BCUT2D eigenvalue weighted by molar-refractivity contribution is -0.130. The highest BCUT2D eigenvalue weighted by Gasteiger charge is 2.14. The molecule has 1 aromatic carbocycles. The van der Waals surface area contributed by atoms with E-state index < -0.39 is 5.97 Å². The van der Waals surface area contributed by atoms with Gasteiger partial charge in [-0.3, -0.25) is 0 Å². The third-order valence-corrected chi connectivity index (χ3v) is 4.28. The topological polar surface area (TPSA) is 55.8 Å². The second kappa shape index (κ2) is 6.78. The van der Waals surface area contributed by atoms with Gasteiger partial charge in [0.15, 0.2) is 11.5 Å². The predicted molar refractivity (Wildman–Crippen MR) is 87.1 cm³/mol. The van der Waals surface area contributed by atoms with Crippen LogP contribution in [0.3, 0.4) is 0 Å². The quantitative estimate of drug-likeness (QED) is 0.805. The Bertz CT molecular complexity index is 677. The molecule has 0 unspecified atom stereocenters. The normalized spacial score (nSPS) is 11.3. The Hall–Kier alpha value is -1.79. The zero-order valence-corrected chi connectivity index (χ0v) is 13.8. The van der Waals surface area contributed by atoms with Gasteiger partial charge in [-0.2, -0.15) is 0 Å². The van der Waals surface area contributed by atoms with Crippen LogP contribution >= 0.6 is 27.3 Å². The maximum Gasteiger partial charge on any atom is 0.337 e. The highest BCUT2D eigenvalue weighted by molar-refractivity contribution is 9.10. The third-order valence-electron chi connectivity index (χ3n) is 2.78. The molecule has 110 valence electrons. The molecule has 2 aromatic rings. The van der Waals surface area contributed by atoms with Crippen LogP contribution in [0.25, 0.3) is 11.6 Å². The van der Waals surface area contributed by atoms with Crippen molar-refractivity contribution < 1.29 is 19.4 Å². The van der Waals surface area contributed by atoms with Crippen molar-refractivity contribution in [1.29, 1.82) is 0 Å². The van der Waals surface area contributed by atoms with Gasteiger partial charge in [-0.15, -0.1) is 11.3 Å². The number of hydrogen-bond acceptors (Lipinski definition) is 4. The van der Waals surface area contributed by atoms with Gasteiger partial charge >= 0.3 is 5.97 Å². The van der Waals surface area contributed by atoms with Crippen LogP contribution < -0.4 is 9.47 Å². The standard InChI is InChI=1S/C15H13BrO4S/c1-19-12-8-9(7-11(16)14(12)20-2)6-10(15(17)18)13-4-3-5-21-13/h3-8H,1-2H3,(H,17,18)/b10-6+. The average Bonchev–Trinajstić information content (AvgIpc) is 2.97. The van der Waals surface area contributed by atoms with Gasteiger partial charge in [-0.1, -0.05) is 6.07 Å². The van der Waals surface area contributed by atoms with Crippen LogP contribution in [-0.2, 0) is 4.79 Å². The Morgan fingerprint density at radius 3 is 2.62 bits per heavy atom. The van der Waals surface area contributed by atoms with Gasteiger partial charge in [0, 0.05) is 4.88 Å². The number of thiophene rings is 1. The maximum absolute atomic E-state index is 11.4. The van der Waals surface area contributed by atoms with Crippen molar-refractivity contribution in [1.82, 2.24) is 0 Å². The molecule has 2 rings (SSSR count). The van der Waals surface area contributed by atoms with Crippen LogP contribution in [0.15, 0.2) is 34.1 Å². The fourth-order valence-corrected chi connectivity index (χ4v) is 3.21. The second-order valence-electron chi connectivity index (χ2n) is 4.08. The van der Waals surface area contributed by atoms with Gasteiger partial charge in [0.05, 0.1) is 24.3 Å². The van der Waals surface area contributed by atoms with Crippen molar-refractivity contribution in [3.63, 3.8) is 0 Å². The second-order valence-corrected chi connectivity index (χ2v) is 5.88. The van der Waals surface area contributed by atoms with E-state index in [9.17, 15) is 9.90 Å². The van der Waals surface area contributed by atoms with Crippen molar-refractivity contribution in [2.45, 2.75) is 0 Å². The van der Waals surface area contributed by atoms with Gasteiger partial charge in [-0.25, -0.2) is 4.79 Å². The number of carboxylic acids is 1. The zero-order valence-electron chi connectivity index (χ0n) is 11.4. The molecule has 0 saturated heterocycles. The number of halogens is 1. The molecule has 21 heavy (non-hydrogen) atoms. The largest absolute Gasteiger partial charge is 0.493 e. The molecule has 0 spiro atoms. The van der Waals surface area contributed by atoms with Crippen molar-refractivity contribution in [2.75, 3.05) is 14.2 Å². The lowest BCUT2D eigenvalue weighted by Gasteiger charge is -2.11. The summed E-state index contributed by atoms with van der Waals surface area (Å²) < 4.78 is 11.2. The molecular formula is C15H13BrO4S. The Labute approximate surface area is 134 Å². The fourth-order valence-electron chi connectivity index (χ4n) is 1.86. The van der Waals surface area contributed by atoms with Crippen LogP contribution in [0, 0.1) is 0 Å². The molecule has 0 fully saturated rings. The summed E-state index contributed by atoms with van der Waals surface area (Å²) in [7, 11) is 3.08. The van der Waals surface area contributed by atoms with E-state index in [1.807, 2.05) is 11.4 Å². The molecule has 4 nitrogen and oxygen atoms in total. The molecule has 6 heteroatoms. The molecular weight excluding hydrogens is 356 g/mol. The Morgan fingerprint density at radius 1 is 1.33 bits per heavy atom. The number of methoxy groups -OCH3 is 2. The summed E-state index contributed by atoms with van der Waals surface area (Å²) in [5.74, 6) is 0.139. The minimum atomic E-state index is -0.969. The Balaban J connectivity index is 2.53. The lowest BCUT2D eigenvalue weighted by Crippen LogP contribution is -1.98. The van der Waals surface area contributed by atoms with Gasteiger partial charge in [0.1, 0.15) is 0 Å². The van der Waals surface area contributed by atoms with E-state index in [1.54, 1.807) is 31.4 Å². The first kappa shape index (κ1) is 15.6. The average molecular weight is 369 g/mol. The summed E-state index contributed by atoms with van der Waals surface area (Å²) >= 11 is 4.78. The SMILES string of the molecule is COc1cc(/C=C(/C(=O)O)c2cccs2)cc(Br)c1OC. The number of rotatable bonds is 5. The smallest absolute Gasteiger partial charge is 0.337 e. The molecule has 0 aliphatic rings. The molecule has 0 saturated carbocycles. The molecule has 0 radical (unpaired) electrons. The maximum atomic E-state index is 11.4. The van der Waals surface area contributed by atoms with Gasteiger partial charge in [0.2, 0.25) is 0 Å². The van der Waals surface area contributed by atoms with E-state index in [4.69, 9.17) is 9.47 Å². The first-order valence-corrected chi connectivity index (χ1v) is 7.64. The summed E-state index contributed by atoms with van der Waals surface area (Å²) in [6, 6.07) is 7.12. The van der Waals surface area contributed by atoms with E-state index in [0.29, 0.717) is 26.4 Å².